The van der Waals surface area contributed by atoms with Gasteiger partial charge in [-0.25, -0.2) is 13.8 Å². The summed E-state index contributed by atoms with van der Waals surface area (Å²) < 4.78 is 26.0. The van der Waals surface area contributed by atoms with Crippen molar-refractivity contribution in [1.29, 1.82) is 0 Å². The fourth-order valence-electron chi connectivity index (χ4n) is 1.49. The molecule has 0 amide bonds. The molecule has 2 nitrogen and oxygen atoms in total. The molecule has 0 radical (unpaired) electrons. The van der Waals surface area contributed by atoms with Crippen LogP contribution in [0.1, 0.15) is 0 Å². The molecular formula is C12H8Cl2F2N2. The Bertz CT molecular complexity index is 603. The number of hydrogen-bond acceptors (Lipinski definition) is 2. The number of anilines is 1. The Labute approximate surface area is 113 Å². The molecule has 0 saturated carbocycles. The van der Waals surface area contributed by atoms with E-state index in [1.165, 1.54) is 12.1 Å². The fraction of sp³-hybridized carbons (Fsp3) is 0.0833. The van der Waals surface area contributed by atoms with Crippen LogP contribution in [-0.4, -0.2) is 12.0 Å². The average Bonchev–Trinajstić information content (AvgIpc) is 2.33. The van der Waals surface area contributed by atoms with Crippen LogP contribution in [-0.2, 0) is 0 Å². The van der Waals surface area contributed by atoms with Gasteiger partial charge in [-0.15, -0.1) is 0 Å². The lowest BCUT2D eigenvalue weighted by atomic mass is 10.1. The second kappa shape index (κ2) is 5.08. The third-order valence-electron chi connectivity index (χ3n) is 2.36. The molecule has 1 heterocycles. The molecule has 1 aromatic heterocycles. The van der Waals surface area contributed by atoms with Gasteiger partial charge in [-0.2, -0.15) is 0 Å². The van der Waals surface area contributed by atoms with Crippen molar-refractivity contribution in [3.63, 3.8) is 0 Å². The second-order valence-corrected chi connectivity index (χ2v) is 4.34. The zero-order valence-corrected chi connectivity index (χ0v) is 10.8. The molecule has 0 aliphatic rings. The highest BCUT2D eigenvalue weighted by atomic mass is 35.5. The highest BCUT2D eigenvalue weighted by molar-refractivity contribution is 6.37. The topological polar surface area (TPSA) is 24.9 Å². The number of aromatic nitrogens is 1. The van der Waals surface area contributed by atoms with Crippen molar-refractivity contribution in [2.75, 3.05) is 12.4 Å². The van der Waals surface area contributed by atoms with E-state index in [4.69, 9.17) is 23.2 Å². The minimum atomic E-state index is -0.952. The van der Waals surface area contributed by atoms with Crippen molar-refractivity contribution >= 4 is 29.0 Å². The molecule has 0 saturated heterocycles. The number of pyridine rings is 1. The summed E-state index contributed by atoms with van der Waals surface area (Å²) in [6.07, 6.45) is 0. The normalized spacial score (nSPS) is 10.5. The van der Waals surface area contributed by atoms with Gasteiger partial charge >= 0.3 is 0 Å². The Hall–Kier alpha value is -1.39. The Morgan fingerprint density at radius 1 is 1.06 bits per heavy atom. The summed E-state index contributed by atoms with van der Waals surface area (Å²) in [7, 11) is 1.65. The lowest BCUT2D eigenvalue weighted by Crippen LogP contribution is -1.96. The number of nitrogens with zero attached hydrogens (tertiary/aromatic N) is 1. The SMILES string of the molecule is CNc1nc(-c2ccc(F)c(F)c2)c(Cl)cc1Cl. The van der Waals surface area contributed by atoms with Crippen molar-refractivity contribution in [2.45, 2.75) is 0 Å². The Balaban J connectivity index is 2.59. The summed E-state index contributed by atoms with van der Waals surface area (Å²) in [5, 5.41) is 3.41. The van der Waals surface area contributed by atoms with Gasteiger partial charge in [-0.3, -0.25) is 0 Å². The molecule has 2 aromatic rings. The molecule has 0 fully saturated rings. The van der Waals surface area contributed by atoms with Crippen LogP contribution in [0.5, 0.6) is 0 Å². The van der Waals surface area contributed by atoms with Gasteiger partial charge in [0, 0.05) is 12.6 Å². The van der Waals surface area contributed by atoms with Crippen LogP contribution in [0.2, 0.25) is 10.0 Å². The lowest BCUT2D eigenvalue weighted by molar-refractivity contribution is 0.509. The van der Waals surface area contributed by atoms with Crippen molar-refractivity contribution in [3.05, 3.63) is 45.9 Å². The van der Waals surface area contributed by atoms with Gasteiger partial charge in [0.25, 0.3) is 0 Å². The summed E-state index contributed by atoms with van der Waals surface area (Å²) in [6.45, 7) is 0. The largest absolute Gasteiger partial charge is 0.372 e. The van der Waals surface area contributed by atoms with Crippen LogP contribution >= 0.6 is 23.2 Å². The zero-order chi connectivity index (χ0) is 13.3. The number of benzene rings is 1. The van der Waals surface area contributed by atoms with Gasteiger partial charge in [0.05, 0.1) is 15.7 Å². The highest BCUT2D eigenvalue weighted by Crippen LogP contribution is 2.32. The van der Waals surface area contributed by atoms with E-state index in [1.807, 2.05) is 0 Å². The Morgan fingerprint density at radius 2 is 1.78 bits per heavy atom. The highest BCUT2D eigenvalue weighted by Gasteiger charge is 2.12. The first-order valence-electron chi connectivity index (χ1n) is 5.02. The molecule has 6 heteroatoms. The van der Waals surface area contributed by atoms with Crippen LogP contribution < -0.4 is 5.32 Å². The van der Waals surface area contributed by atoms with E-state index < -0.39 is 11.6 Å². The number of nitrogens with one attached hydrogen (secondary N) is 1. The summed E-state index contributed by atoms with van der Waals surface area (Å²) in [5.74, 6) is -1.45. The summed E-state index contributed by atoms with van der Waals surface area (Å²) in [6, 6.07) is 4.96. The van der Waals surface area contributed by atoms with Gasteiger partial charge in [0.2, 0.25) is 0 Å². The van der Waals surface area contributed by atoms with Gasteiger partial charge in [0.1, 0.15) is 5.82 Å². The molecule has 0 bridgehead atoms. The Kier molecular flexibility index (Phi) is 3.68. The molecule has 0 spiro atoms. The quantitative estimate of drug-likeness (QED) is 0.887. The molecule has 94 valence electrons. The number of halogens is 4. The van der Waals surface area contributed by atoms with E-state index in [0.717, 1.165) is 12.1 Å². The summed E-state index contributed by atoms with van der Waals surface area (Å²) in [4.78, 5) is 4.17. The standard InChI is InChI=1S/C12H8Cl2F2N2/c1-17-12-8(14)5-7(13)11(18-12)6-2-3-9(15)10(16)4-6/h2-5H,1H3,(H,17,18). The molecule has 18 heavy (non-hydrogen) atoms. The maximum Gasteiger partial charge on any atom is 0.159 e. The predicted molar refractivity (Wildman–Crippen MR) is 69.2 cm³/mol. The lowest BCUT2D eigenvalue weighted by Gasteiger charge is -2.09. The molecule has 0 aliphatic heterocycles. The minimum absolute atomic E-state index is 0.269. The molecule has 0 aliphatic carbocycles. The summed E-state index contributed by atoms with van der Waals surface area (Å²) >= 11 is 11.9. The zero-order valence-electron chi connectivity index (χ0n) is 9.27. The fourth-order valence-corrected chi connectivity index (χ4v) is 2.05. The Morgan fingerprint density at radius 3 is 2.39 bits per heavy atom. The van der Waals surface area contributed by atoms with E-state index in [1.54, 1.807) is 7.05 Å². The third kappa shape index (κ3) is 2.40. The van der Waals surface area contributed by atoms with E-state index in [2.05, 4.69) is 10.3 Å². The third-order valence-corrected chi connectivity index (χ3v) is 2.94. The monoisotopic (exact) mass is 288 g/mol. The van der Waals surface area contributed by atoms with Crippen molar-refractivity contribution in [1.82, 2.24) is 4.98 Å². The number of rotatable bonds is 2. The van der Waals surface area contributed by atoms with Gasteiger partial charge in [-0.05, 0) is 24.3 Å². The second-order valence-electron chi connectivity index (χ2n) is 3.53. The average molecular weight is 289 g/mol. The van der Waals surface area contributed by atoms with Crippen LogP contribution in [0.3, 0.4) is 0 Å². The van der Waals surface area contributed by atoms with Crippen LogP contribution in [0.4, 0.5) is 14.6 Å². The van der Waals surface area contributed by atoms with Gasteiger partial charge in [-0.1, -0.05) is 23.2 Å². The molecule has 0 atom stereocenters. The van der Waals surface area contributed by atoms with E-state index in [-0.39, 0.29) is 5.02 Å². The molecule has 2 rings (SSSR count). The first-order valence-corrected chi connectivity index (χ1v) is 5.77. The van der Waals surface area contributed by atoms with Crippen molar-refractivity contribution in [2.24, 2.45) is 0 Å². The maximum atomic E-state index is 13.2. The molecular weight excluding hydrogens is 281 g/mol. The molecule has 1 aromatic carbocycles. The minimum Gasteiger partial charge on any atom is -0.372 e. The van der Waals surface area contributed by atoms with Crippen molar-refractivity contribution < 1.29 is 8.78 Å². The maximum absolute atomic E-state index is 13.2. The van der Waals surface area contributed by atoms with Gasteiger partial charge < -0.3 is 5.32 Å². The molecule has 0 unspecified atom stereocenters. The van der Waals surface area contributed by atoms with Crippen molar-refractivity contribution in [3.8, 4) is 11.3 Å². The smallest absolute Gasteiger partial charge is 0.159 e. The van der Waals surface area contributed by atoms with E-state index >= 15 is 0 Å². The predicted octanol–water partition coefficient (Wildman–Crippen LogP) is 4.38. The van der Waals surface area contributed by atoms with E-state index in [9.17, 15) is 8.78 Å². The first kappa shape index (κ1) is 13.1. The van der Waals surface area contributed by atoms with Crippen LogP contribution in [0.15, 0.2) is 24.3 Å². The number of hydrogen-bond donors (Lipinski definition) is 1. The van der Waals surface area contributed by atoms with E-state index in [0.29, 0.717) is 22.1 Å². The first-order chi connectivity index (χ1) is 8.52. The summed E-state index contributed by atoms with van der Waals surface area (Å²) in [5.41, 5.74) is 0.719. The van der Waals surface area contributed by atoms with Crippen LogP contribution in [0, 0.1) is 11.6 Å². The van der Waals surface area contributed by atoms with Crippen LogP contribution in [0.25, 0.3) is 11.3 Å². The van der Waals surface area contributed by atoms with Gasteiger partial charge in [0.15, 0.2) is 11.6 Å². The molecule has 1 N–H and O–H groups in total.